The largest absolute Gasteiger partial charge is 0.420 e. The van der Waals surface area contributed by atoms with Crippen LogP contribution in [0.4, 0.5) is 0 Å². The average molecular weight is 295 g/mol. The number of carbonyl (C=O) groups is 1. The molecular formula is C14H15ClN2O3. The standard InChI is InChI=1S/C14H15ClN2O3/c15-9-5-6-12-11(7-9)17(14(19)20-12)8-13(18)16-10-3-1-2-4-10/h5-7,10H,1-4,8H2,(H,16,18). The fourth-order valence-electron chi connectivity index (χ4n) is 2.67. The molecule has 0 atom stereocenters. The first kappa shape index (κ1) is 13.2. The van der Waals surface area contributed by atoms with Crippen LogP contribution in [0.5, 0.6) is 0 Å². The van der Waals surface area contributed by atoms with Crippen LogP contribution in [0.25, 0.3) is 11.1 Å². The Morgan fingerprint density at radius 3 is 2.90 bits per heavy atom. The van der Waals surface area contributed by atoms with Gasteiger partial charge in [0.1, 0.15) is 6.54 Å². The molecule has 1 aliphatic carbocycles. The van der Waals surface area contributed by atoms with Gasteiger partial charge in [0.25, 0.3) is 0 Å². The van der Waals surface area contributed by atoms with Crippen LogP contribution in [-0.4, -0.2) is 16.5 Å². The van der Waals surface area contributed by atoms with E-state index < -0.39 is 5.76 Å². The molecule has 1 amide bonds. The third-order valence-corrected chi connectivity index (χ3v) is 3.89. The Morgan fingerprint density at radius 2 is 2.15 bits per heavy atom. The summed E-state index contributed by atoms with van der Waals surface area (Å²) >= 11 is 5.92. The van der Waals surface area contributed by atoms with Crippen molar-refractivity contribution in [3.63, 3.8) is 0 Å². The lowest BCUT2D eigenvalue weighted by Gasteiger charge is -2.11. The summed E-state index contributed by atoms with van der Waals surface area (Å²) < 4.78 is 6.40. The molecule has 2 aromatic rings. The van der Waals surface area contributed by atoms with Gasteiger partial charge in [-0.1, -0.05) is 24.4 Å². The number of nitrogens with one attached hydrogen (secondary N) is 1. The van der Waals surface area contributed by atoms with Gasteiger partial charge in [-0.3, -0.25) is 9.36 Å². The zero-order valence-electron chi connectivity index (χ0n) is 10.9. The molecule has 1 N–H and O–H groups in total. The maximum atomic E-state index is 12.0. The number of halogens is 1. The van der Waals surface area contributed by atoms with Crippen LogP contribution in [0.2, 0.25) is 5.02 Å². The highest BCUT2D eigenvalue weighted by molar-refractivity contribution is 6.31. The lowest BCUT2D eigenvalue weighted by atomic mass is 10.2. The molecular weight excluding hydrogens is 280 g/mol. The minimum absolute atomic E-state index is 0.0390. The Hall–Kier alpha value is -1.75. The Bertz CT molecular complexity index is 698. The second kappa shape index (κ2) is 5.32. The highest BCUT2D eigenvalue weighted by Gasteiger charge is 2.19. The van der Waals surface area contributed by atoms with E-state index in [1.807, 2.05) is 0 Å². The molecule has 0 saturated heterocycles. The number of nitrogens with zero attached hydrogens (tertiary/aromatic N) is 1. The van der Waals surface area contributed by atoms with Crippen LogP contribution in [0.15, 0.2) is 27.4 Å². The van der Waals surface area contributed by atoms with E-state index in [4.69, 9.17) is 16.0 Å². The highest BCUT2D eigenvalue weighted by atomic mass is 35.5. The summed E-state index contributed by atoms with van der Waals surface area (Å²) in [6.45, 7) is -0.0390. The number of benzene rings is 1. The summed E-state index contributed by atoms with van der Waals surface area (Å²) in [5.74, 6) is -0.703. The number of fused-ring (bicyclic) bond motifs is 1. The van der Waals surface area contributed by atoms with Gasteiger partial charge in [0.15, 0.2) is 5.58 Å². The van der Waals surface area contributed by atoms with Crippen LogP contribution in [0.3, 0.4) is 0 Å². The monoisotopic (exact) mass is 294 g/mol. The average Bonchev–Trinajstić information content (AvgIpc) is 3.00. The number of carbonyl (C=O) groups excluding carboxylic acids is 1. The molecule has 20 heavy (non-hydrogen) atoms. The first-order valence-electron chi connectivity index (χ1n) is 6.72. The van der Waals surface area contributed by atoms with Gasteiger partial charge in [0.05, 0.1) is 5.52 Å². The third kappa shape index (κ3) is 2.58. The van der Waals surface area contributed by atoms with Gasteiger partial charge in [-0.05, 0) is 31.0 Å². The van der Waals surface area contributed by atoms with Crippen molar-refractivity contribution in [1.29, 1.82) is 0 Å². The molecule has 1 heterocycles. The highest BCUT2D eigenvalue weighted by Crippen LogP contribution is 2.19. The van der Waals surface area contributed by atoms with E-state index in [0.29, 0.717) is 16.1 Å². The van der Waals surface area contributed by atoms with Crippen LogP contribution in [0, 0.1) is 0 Å². The molecule has 6 heteroatoms. The van der Waals surface area contributed by atoms with Crippen molar-refractivity contribution < 1.29 is 9.21 Å². The van der Waals surface area contributed by atoms with Gasteiger partial charge in [-0.2, -0.15) is 0 Å². The predicted molar refractivity (Wildman–Crippen MR) is 75.9 cm³/mol. The minimum atomic E-state index is -0.538. The molecule has 1 aromatic carbocycles. The van der Waals surface area contributed by atoms with Gasteiger partial charge in [-0.25, -0.2) is 4.79 Å². The third-order valence-electron chi connectivity index (χ3n) is 3.65. The van der Waals surface area contributed by atoms with Gasteiger partial charge in [0.2, 0.25) is 5.91 Å². The quantitative estimate of drug-likeness (QED) is 0.945. The summed E-state index contributed by atoms with van der Waals surface area (Å²) in [7, 11) is 0. The second-order valence-electron chi connectivity index (χ2n) is 5.12. The van der Waals surface area contributed by atoms with Crippen LogP contribution in [-0.2, 0) is 11.3 Å². The van der Waals surface area contributed by atoms with E-state index in [2.05, 4.69) is 5.32 Å². The van der Waals surface area contributed by atoms with Gasteiger partial charge >= 0.3 is 5.76 Å². The van der Waals surface area contributed by atoms with Crippen molar-refractivity contribution in [2.75, 3.05) is 0 Å². The van der Waals surface area contributed by atoms with Crippen molar-refractivity contribution >= 4 is 28.6 Å². The molecule has 1 aliphatic rings. The maximum Gasteiger partial charge on any atom is 0.420 e. The predicted octanol–water partition coefficient (Wildman–Crippen LogP) is 2.31. The SMILES string of the molecule is O=C(Cn1c(=O)oc2ccc(Cl)cc21)NC1CCCC1. The first-order chi connectivity index (χ1) is 9.63. The molecule has 5 nitrogen and oxygen atoms in total. The number of aromatic nitrogens is 1. The molecule has 1 fully saturated rings. The van der Waals surface area contributed by atoms with Crippen LogP contribution in [0.1, 0.15) is 25.7 Å². The number of rotatable bonds is 3. The summed E-state index contributed by atoms with van der Waals surface area (Å²) in [6, 6.07) is 5.14. The summed E-state index contributed by atoms with van der Waals surface area (Å²) in [5.41, 5.74) is 0.983. The number of oxazole rings is 1. The van der Waals surface area contributed by atoms with Gasteiger partial charge in [-0.15, -0.1) is 0 Å². The maximum absolute atomic E-state index is 12.0. The van der Waals surface area contributed by atoms with Gasteiger partial charge < -0.3 is 9.73 Å². The number of hydrogen-bond acceptors (Lipinski definition) is 3. The molecule has 3 rings (SSSR count). The number of hydrogen-bond donors (Lipinski definition) is 1. The lowest BCUT2D eigenvalue weighted by molar-refractivity contribution is -0.122. The summed E-state index contributed by atoms with van der Waals surface area (Å²) in [5, 5.41) is 3.45. The lowest BCUT2D eigenvalue weighted by Crippen LogP contribution is -2.36. The first-order valence-corrected chi connectivity index (χ1v) is 7.09. The molecule has 106 valence electrons. The van der Waals surface area contributed by atoms with E-state index in [-0.39, 0.29) is 18.5 Å². The van der Waals surface area contributed by atoms with Crippen molar-refractivity contribution in [2.45, 2.75) is 38.3 Å². The zero-order chi connectivity index (χ0) is 14.1. The van der Waals surface area contributed by atoms with Crippen molar-refractivity contribution in [3.8, 4) is 0 Å². The zero-order valence-corrected chi connectivity index (χ0v) is 11.7. The van der Waals surface area contributed by atoms with Crippen molar-refractivity contribution in [2.24, 2.45) is 0 Å². The van der Waals surface area contributed by atoms with E-state index in [0.717, 1.165) is 25.7 Å². The fraction of sp³-hybridized carbons (Fsp3) is 0.429. The Balaban J connectivity index is 1.82. The normalized spacial score (nSPS) is 15.8. The summed E-state index contributed by atoms with van der Waals surface area (Å²) in [6.07, 6.45) is 4.32. The Labute approximate surface area is 120 Å². The van der Waals surface area contributed by atoms with Crippen LogP contribution < -0.4 is 11.1 Å². The Morgan fingerprint density at radius 1 is 1.40 bits per heavy atom. The van der Waals surface area contributed by atoms with Crippen LogP contribution >= 0.6 is 11.6 Å². The topological polar surface area (TPSA) is 64.2 Å². The van der Waals surface area contributed by atoms with Gasteiger partial charge in [0, 0.05) is 11.1 Å². The smallest absolute Gasteiger partial charge is 0.408 e. The van der Waals surface area contributed by atoms with E-state index in [9.17, 15) is 9.59 Å². The Kier molecular flexibility index (Phi) is 3.53. The second-order valence-corrected chi connectivity index (χ2v) is 5.55. The van der Waals surface area contributed by atoms with E-state index in [1.54, 1.807) is 18.2 Å². The molecule has 0 bridgehead atoms. The van der Waals surface area contributed by atoms with E-state index >= 15 is 0 Å². The molecule has 1 saturated carbocycles. The number of amides is 1. The molecule has 0 spiro atoms. The molecule has 1 aromatic heterocycles. The fourth-order valence-corrected chi connectivity index (χ4v) is 2.84. The minimum Gasteiger partial charge on any atom is -0.408 e. The molecule has 0 unspecified atom stereocenters. The summed E-state index contributed by atoms with van der Waals surface area (Å²) in [4.78, 5) is 23.8. The van der Waals surface area contributed by atoms with E-state index in [1.165, 1.54) is 4.57 Å². The molecule has 0 aliphatic heterocycles. The molecule has 0 radical (unpaired) electrons. The van der Waals surface area contributed by atoms with Crippen molar-refractivity contribution in [3.05, 3.63) is 33.8 Å². The van der Waals surface area contributed by atoms with Crippen molar-refractivity contribution in [1.82, 2.24) is 9.88 Å².